The van der Waals surface area contributed by atoms with E-state index >= 15 is 0 Å². The molecule has 1 N–H and O–H groups in total. The van der Waals surface area contributed by atoms with Gasteiger partial charge in [0.05, 0.1) is 6.54 Å². The Bertz CT molecular complexity index is 873. The smallest absolute Gasteiger partial charge is 0.317 e. The molecule has 3 nitrogen and oxygen atoms in total. The maximum atomic E-state index is 14.2. The van der Waals surface area contributed by atoms with Crippen molar-refractivity contribution < 1.29 is 14.3 Å². The average molecular weight is 365 g/mol. The van der Waals surface area contributed by atoms with E-state index in [0.29, 0.717) is 23.6 Å². The molecule has 2 rings (SSSR count). The Morgan fingerprint density at radius 3 is 2.44 bits per heavy atom. The van der Waals surface area contributed by atoms with Crippen LogP contribution in [0.2, 0.25) is 0 Å². The zero-order chi connectivity index (χ0) is 19.8. The van der Waals surface area contributed by atoms with Gasteiger partial charge in [-0.2, -0.15) is 0 Å². The molecule has 0 saturated carbocycles. The molecule has 0 aromatic heterocycles. The average Bonchev–Trinajstić information content (AvgIpc) is 2.62. The topological polar surface area (TPSA) is 40.5 Å². The van der Waals surface area contributed by atoms with E-state index in [1.54, 1.807) is 36.2 Å². The number of hydrogen-bond donors (Lipinski definition) is 1. The second-order valence-corrected chi connectivity index (χ2v) is 6.71. The number of carboxylic acids is 1. The van der Waals surface area contributed by atoms with Crippen molar-refractivity contribution in [2.24, 2.45) is 0 Å². The minimum Gasteiger partial charge on any atom is -0.480 e. The van der Waals surface area contributed by atoms with Crippen LogP contribution in [-0.2, 0) is 4.79 Å². The maximum Gasteiger partial charge on any atom is 0.317 e. The Labute approximate surface area is 160 Å². The minimum atomic E-state index is -0.908. The predicted octanol–water partition coefficient (Wildman–Crippen LogP) is 4.40. The van der Waals surface area contributed by atoms with E-state index < -0.39 is 5.97 Å². The van der Waals surface area contributed by atoms with Gasteiger partial charge >= 0.3 is 5.97 Å². The maximum absolute atomic E-state index is 14.2. The Kier molecular flexibility index (Phi) is 7.34. The number of carbonyl (C=O) groups is 1. The molecule has 0 spiro atoms. The van der Waals surface area contributed by atoms with Crippen LogP contribution in [0, 0.1) is 17.7 Å². The van der Waals surface area contributed by atoms with Crippen molar-refractivity contribution in [2.75, 3.05) is 20.1 Å². The van der Waals surface area contributed by atoms with E-state index in [1.165, 1.54) is 11.6 Å². The number of benzene rings is 2. The number of carboxylic acid groups (broad SMARTS) is 1. The quantitative estimate of drug-likeness (QED) is 0.772. The fraction of sp³-hybridized carbons (Fsp3) is 0.261. The first-order valence-electron chi connectivity index (χ1n) is 8.84. The van der Waals surface area contributed by atoms with E-state index in [0.717, 1.165) is 5.56 Å². The van der Waals surface area contributed by atoms with Gasteiger partial charge in [-0.25, -0.2) is 4.39 Å². The number of halogens is 1. The highest BCUT2D eigenvalue weighted by Gasteiger charge is 2.07. The van der Waals surface area contributed by atoms with Crippen molar-refractivity contribution in [1.82, 2.24) is 4.90 Å². The molecule has 0 radical (unpaired) electrons. The van der Waals surface area contributed by atoms with Crippen molar-refractivity contribution in [1.29, 1.82) is 0 Å². The molecule has 0 unspecified atom stereocenters. The molecule has 2 aromatic rings. The van der Waals surface area contributed by atoms with Gasteiger partial charge in [-0.05, 0) is 36.7 Å². The monoisotopic (exact) mass is 365 g/mol. The molecule has 0 atom stereocenters. The molecule has 140 valence electrons. The van der Waals surface area contributed by atoms with Gasteiger partial charge in [0.15, 0.2) is 0 Å². The van der Waals surface area contributed by atoms with Gasteiger partial charge in [0.2, 0.25) is 0 Å². The van der Waals surface area contributed by atoms with Crippen LogP contribution < -0.4 is 0 Å². The molecule has 0 aliphatic carbocycles. The summed E-state index contributed by atoms with van der Waals surface area (Å²) >= 11 is 0. The van der Waals surface area contributed by atoms with E-state index in [-0.39, 0.29) is 12.4 Å². The van der Waals surface area contributed by atoms with Crippen LogP contribution in [0.4, 0.5) is 4.39 Å². The number of hydrogen-bond acceptors (Lipinski definition) is 2. The molecule has 0 amide bonds. The fourth-order valence-electron chi connectivity index (χ4n) is 2.54. The zero-order valence-electron chi connectivity index (χ0n) is 15.9. The van der Waals surface area contributed by atoms with E-state index in [2.05, 4.69) is 25.7 Å². The lowest BCUT2D eigenvalue weighted by atomic mass is 10.0. The molecule has 0 heterocycles. The molecular formula is C23H24FNO2. The minimum absolute atomic E-state index is 0.0921. The third kappa shape index (κ3) is 6.40. The van der Waals surface area contributed by atoms with Crippen LogP contribution in [0.25, 0.3) is 5.57 Å². The van der Waals surface area contributed by atoms with Crippen molar-refractivity contribution in [3.05, 3.63) is 77.1 Å². The second kappa shape index (κ2) is 9.70. The lowest BCUT2D eigenvalue weighted by Crippen LogP contribution is -2.25. The summed E-state index contributed by atoms with van der Waals surface area (Å²) in [6.45, 7) is 4.53. The van der Waals surface area contributed by atoms with Gasteiger partial charge in [-0.15, -0.1) is 0 Å². The normalized spacial score (nSPS) is 11.4. The Morgan fingerprint density at radius 1 is 1.19 bits per heavy atom. The fourth-order valence-corrected chi connectivity index (χ4v) is 2.54. The van der Waals surface area contributed by atoms with Crippen molar-refractivity contribution in [3.8, 4) is 11.8 Å². The van der Waals surface area contributed by atoms with Gasteiger partial charge in [-0.1, -0.05) is 62.1 Å². The molecular weight excluding hydrogens is 341 g/mol. The van der Waals surface area contributed by atoms with Crippen molar-refractivity contribution in [3.63, 3.8) is 0 Å². The Balaban J connectivity index is 2.30. The molecule has 0 aliphatic heterocycles. The highest BCUT2D eigenvalue weighted by molar-refractivity contribution is 5.80. The lowest BCUT2D eigenvalue weighted by molar-refractivity contribution is -0.137. The summed E-state index contributed by atoms with van der Waals surface area (Å²) in [5, 5.41) is 8.87. The molecule has 0 aliphatic rings. The van der Waals surface area contributed by atoms with Crippen LogP contribution in [0.15, 0.2) is 54.6 Å². The molecule has 2 aromatic carbocycles. The number of likely N-dealkylation sites (N-methyl/N-ethyl adjacent to an activating group) is 1. The lowest BCUT2D eigenvalue weighted by Gasteiger charge is -2.11. The van der Waals surface area contributed by atoms with Gasteiger partial charge in [-0.3, -0.25) is 9.69 Å². The summed E-state index contributed by atoms with van der Waals surface area (Å²) in [6.07, 6.45) is 1.76. The molecule has 4 heteroatoms. The predicted molar refractivity (Wildman–Crippen MR) is 107 cm³/mol. The van der Waals surface area contributed by atoms with Crippen LogP contribution in [0.5, 0.6) is 0 Å². The number of allylic oxidation sites excluding steroid dienone is 1. The highest BCUT2D eigenvalue weighted by atomic mass is 19.1. The third-order valence-electron chi connectivity index (χ3n) is 4.10. The summed E-state index contributed by atoms with van der Waals surface area (Å²) in [5.41, 5.74) is 3.03. The summed E-state index contributed by atoms with van der Waals surface area (Å²) in [5.74, 6) is 5.32. The molecule has 0 fully saturated rings. The standard InChI is InChI=1S/C23H24FNO2/c1-17(2)19-11-8-18(9-12-19)10-13-20(14-15-25(3)16-23(26)27)21-6-4-5-7-22(21)24/h4-9,11-12,14,17H,15-16H2,1-3H3,(H,26,27). The highest BCUT2D eigenvalue weighted by Crippen LogP contribution is 2.18. The number of rotatable bonds is 6. The molecule has 0 bridgehead atoms. The van der Waals surface area contributed by atoms with E-state index in [4.69, 9.17) is 5.11 Å². The molecule has 27 heavy (non-hydrogen) atoms. The van der Waals surface area contributed by atoms with Crippen LogP contribution in [0.3, 0.4) is 0 Å². The first-order valence-corrected chi connectivity index (χ1v) is 8.84. The van der Waals surface area contributed by atoms with E-state index in [9.17, 15) is 9.18 Å². The molecule has 0 saturated heterocycles. The first-order chi connectivity index (χ1) is 12.9. The van der Waals surface area contributed by atoms with Crippen molar-refractivity contribution in [2.45, 2.75) is 19.8 Å². The first kappa shape index (κ1) is 20.4. The zero-order valence-corrected chi connectivity index (χ0v) is 15.9. The van der Waals surface area contributed by atoms with Crippen molar-refractivity contribution >= 4 is 11.5 Å². The van der Waals surface area contributed by atoms with Gasteiger partial charge in [0, 0.05) is 23.2 Å². The van der Waals surface area contributed by atoms with Crippen LogP contribution >= 0.6 is 0 Å². The Hall–Kier alpha value is -2.90. The third-order valence-corrected chi connectivity index (χ3v) is 4.10. The van der Waals surface area contributed by atoms with Gasteiger partial charge < -0.3 is 5.11 Å². The summed E-state index contributed by atoms with van der Waals surface area (Å²) in [6, 6.07) is 14.5. The second-order valence-electron chi connectivity index (χ2n) is 6.71. The SMILES string of the molecule is CC(C)c1ccc(C#CC(=CCN(C)CC(=O)O)c2ccccc2F)cc1. The number of aliphatic carboxylic acids is 1. The summed E-state index contributed by atoms with van der Waals surface area (Å²) in [7, 11) is 1.70. The summed E-state index contributed by atoms with van der Waals surface area (Å²) in [4.78, 5) is 12.4. The van der Waals surface area contributed by atoms with Gasteiger partial charge in [0.25, 0.3) is 0 Å². The van der Waals surface area contributed by atoms with Gasteiger partial charge in [0.1, 0.15) is 5.82 Å². The van der Waals surface area contributed by atoms with Crippen LogP contribution in [-0.4, -0.2) is 36.1 Å². The number of nitrogens with zero attached hydrogens (tertiary/aromatic N) is 1. The summed E-state index contributed by atoms with van der Waals surface area (Å²) < 4.78 is 14.2. The van der Waals surface area contributed by atoms with E-state index in [1.807, 2.05) is 24.3 Å². The largest absolute Gasteiger partial charge is 0.480 e. The Morgan fingerprint density at radius 2 is 1.85 bits per heavy atom. The van der Waals surface area contributed by atoms with Crippen LogP contribution in [0.1, 0.15) is 36.5 Å².